The molecule has 0 saturated heterocycles. The molecular formula is C20H24N2O3. The molecule has 2 rings (SSSR count). The molecule has 0 aliphatic carbocycles. The van der Waals surface area contributed by atoms with Crippen LogP contribution in [0.25, 0.3) is 0 Å². The lowest BCUT2D eigenvalue weighted by Crippen LogP contribution is -2.35. The predicted octanol–water partition coefficient (Wildman–Crippen LogP) is 3.38. The Kier molecular flexibility index (Phi) is 6.17. The second-order valence-corrected chi connectivity index (χ2v) is 6.18. The minimum Gasteiger partial charge on any atom is -0.497 e. The fraction of sp³-hybridized carbons (Fsp3) is 0.300. The normalized spacial score (nSPS) is 10.4. The number of anilines is 1. The molecule has 2 aromatic rings. The van der Waals surface area contributed by atoms with E-state index in [1.54, 1.807) is 7.11 Å². The van der Waals surface area contributed by atoms with Crippen LogP contribution in [-0.2, 0) is 16.1 Å². The lowest BCUT2D eigenvalue weighted by molar-refractivity contribution is -0.136. The first-order valence-electron chi connectivity index (χ1n) is 8.24. The first kappa shape index (κ1) is 18.5. The van der Waals surface area contributed by atoms with Gasteiger partial charge in [0.05, 0.1) is 7.11 Å². The first-order valence-corrected chi connectivity index (χ1v) is 8.24. The maximum absolute atomic E-state index is 12.2. The van der Waals surface area contributed by atoms with Crippen molar-refractivity contribution in [2.24, 2.45) is 0 Å². The number of hydrogen-bond acceptors (Lipinski definition) is 3. The Labute approximate surface area is 148 Å². The van der Waals surface area contributed by atoms with Gasteiger partial charge in [-0.1, -0.05) is 44.2 Å². The Bertz CT molecular complexity index is 769. The summed E-state index contributed by atoms with van der Waals surface area (Å²) in [6.07, 6.45) is 0. The quantitative estimate of drug-likeness (QED) is 0.820. The molecule has 132 valence electrons. The highest BCUT2D eigenvalue weighted by atomic mass is 16.5. The molecule has 0 aromatic heterocycles. The van der Waals surface area contributed by atoms with Crippen molar-refractivity contribution in [3.63, 3.8) is 0 Å². The number of carbonyl (C=O) groups excluding carboxylic acids is 2. The van der Waals surface area contributed by atoms with E-state index < -0.39 is 11.8 Å². The van der Waals surface area contributed by atoms with Crippen LogP contribution in [0.15, 0.2) is 42.5 Å². The number of rotatable bonds is 5. The summed E-state index contributed by atoms with van der Waals surface area (Å²) in [4.78, 5) is 24.3. The molecule has 2 N–H and O–H groups in total. The molecule has 5 nitrogen and oxygen atoms in total. The molecular weight excluding hydrogens is 316 g/mol. The predicted molar refractivity (Wildman–Crippen MR) is 98.7 cm³/mol. The van der Waals surface area contributed by atoms with Crippen LogP contribution in [-0.4, -0.2) is 18.9 Å². The molecule has 0 aliphatic rings. The number of amides is 2. The number of para-hydroxylation sites is 1. The molecule has 2 amide bonds. The van der Waals surface area contributed by atoms with Crippen LogP contribution in [0.2, 0.25) is 0 Å². The monoisotopic (exact) mass is 340 g/mol. The molecule has 0 atom stereocenters. The minimum absolute atomic E-state index is 0.245. The fourth-order valence-electron chi connectivity index (χ4n) is 2.56. The molecule has 0 spiro atoms. The third-order valence-electron chi connectivity index (χ3n) is 3.96. The van der Waals surface area contributed by atoms with Gasteiger partial charge in [-0.3, -0.25) is 9.59 Å². The highest BCUT2D eigenvalue weighted by Crippen LogP contribution is 2.27. The van der Waals surface area contributed by atoms with Crippen LogP contribution in [0, 0.1) is 6.92 Å². The van der Waals surface area contributed by atoms with E-state index in [1.165, 1.54) is 0 Å². The number of nitrogens with one attached hydrogen (secondary N) is 2. The van der Waals surface area contributed by atoms with Gasteiger partial charge in [-0.15, -0.1) is 0 Å². The molecule has 0 bridgehead atoms. The lowest BCUT2D eigenvalue weighted by atomic mass is 9.98. The summed E-state index contributed by atoms with van der Waals surface area (Å²) < 4.78 is 5.14. The zero-order valence-corrected chi connectivity index (χ0v) is 15.1. The zero-order chi connectivity index (χ0) is 18.4. The number of aryl methyl sites for hydroxylation is 1. The number of carbonyl (C=O) groups is 2. The van der Waals surface area contributed by atoms with Crippen LogP contribution in [0.5, 0.6) is 5.75 Å². The Morgan fingerprint density at radius 2 is 1.80 bits per heavy atom. The van der Waals surface area contributed by atoms with Gasteiger partial charge in [-0.05, 0) is 41.7 Å². The van der Waals surface area contributed by atoms with Gasteiger partial charge >= 0.3 is 11.8 Å². The molecule has 0 fully saturated rings. The number of benzene rings is 2. The Balaban J connectivity index is 2.02. The first-order chi connectivity index (χ1) is 11.9. The number of ether oxygens (including phenoxy) is 1. The topological polar surface area (TPSA) is 67.4 Å². The van der Waals surface area contributed by atoms with E-state index in [2.05, 4.69) is 10.6 Å². The maximum Gasteiger partial charge on any atom is 0.313 e. The SMILES string of the molecule is COc1cccc(CNC(=O)C(=O)Nc2c(C)cccc2C(C)C)c1. The van der Waals surface area contributed by atoms with Gasteiger partial charge in [0.25, 0.3) is 0 Å². The molecule has 5 heteroatoms. The van der Waals surface area contributed by atoms with E-state index in [9.17, 15) is 9.59 Å². The van der Waals surface area contributed by atoms with E-state index in [-0.39, 0.29) is 12.5 Å². The standard InChI is InChI=1S/C20H24N2O3/c1-13(2)17-10-5-7-14(3)18(17)22-20(24)19(23)21-12-15-8-6-9-16(11-15)25-4/h5-11,13H,12H2,1-4H3,(H,21,23)(H,22,24). The van der Waals surface area contributed by atoms with E-state index >= 15 is 0 Å². The van der Waals surface area contributed by atoms with Crippen molar-refractivity contribution >= 4 is 17.5 Å². The zero-order valence-electron chi connectivity index (χ0n) is 15.1. The van der Waals surface area contributed by atoms with Crippen molar-refractivity contribution in [3.05, 3.63) is 59.2 Å². The average molecular weight is 340 g/mol. The van der Waals surface area contributed by atoms with Crippen LogP contribution < -0.4 is 15.4 Å². The van der Waals surface area contributed by atoms with Crippen molar-refractivity contribution in [2.45, 2.75) is 33.2 Å². The number of hydrogen-bond donors (Lipinski definition) is 2. The second-order valence-electron chi connectivity index (χ2n) is 6.18. The van der Waals surface area contributed by atoms with Gasteiger partial charge in [0.15, 0.2) is 0 Å². The van der Waals surface area contributed by atoms with Crippen molar-refractivity contribution in [2.75, 3.05) is 12.4 Å². The molecule has 0 saturated carbocycles. The van der Waals surface area contributed by atoms with E-state index in [4.69, 9.17) is 4.74 Å². The smallest absolute Gasteiger partial charge is 0.313 e. The van der Waals surface area contributed by atoms with Crippen molar-refractivity contribution in [1.29, 1.82) is 0 Å². The van der Waals surface area contributed by atoms with Gasteiger partial charge in [-0.25, -0.2) is 0 Å². The van der Waals surface area contributed by atoms with Gasteiger partial charge in [0.2, 0.25) is 0 Å². The summed E-state index contributed by atoms with van der Waals surface area (Å²) in [6, 6.07) is 13.2. The summed E-state index contributed by atoms with van der Waals surface area (Å²) in [5.41, 5.74) is 3.51. The van der Waals surface area contributed by atoms with Crippen molar-refractivity contribution < 1.29 is 14.3 Å². The summed E-state index contributed by atoms with van der Waals surface area (Å²) in [5, 5.41) is 5.37. The third-order valence-corrected chi connectivity index (χ3v) is 3.96. The summed E-state index contributed by atoms with van der Waals surface area (Å²) >= 11 is 0. The highest BCUT2D eigenvalue weighted by Gasteiger charge is 2.17. The van der Waals surface area contributed by atoms with Crippen molar-refractivity contribution in [3.8, 4) is 5.75 Å². The Hall–Kier alpha value is -2.82. The van der Waals surface area contributed by atoms with E-state index in [1.807, 2.05) is 63.2 Å². The summed E-state index contributed by atoms with van der Waals surface area (Å²) in [5.74, 6) is -0.382. The molecule has 2 aromatic carbocycles. The Morgan fingerprint density at radius 3 is 2.48 bits per heavy atom. The number of methoxy groups -OCH3 is 1. The minimum atomic E-state index is -0.668. The molecule has 0 radical (unpaired) electrons. The Morgan fingerprint density at radius 1 is 1.08 bits per heavy atom. The maximum atomic E-state index is 12.2. The average Bonchev–Trinajstić information content (AvgIpc) is 2.61. The van der Waals surface area contributed by atoms with Gasteiger partial charge in [0, 0.05) is 12.2 Å². The van der Waals surface area contributed by atoms with E-state index in [0.29, 0.717) is 11.4 Å². The summed E-state index contributed by atoms with van der Waals surface area (Å²) in [6.45, 7) is 6.27. The van der Waals surface area contributed by atoms with Crippen LogP contribution in [0.1, 0.15) is 36.5 Å². The van der Waals surface area contributed by atoms with Crippen LogP contribution in [0.4, 0.5) is 5.69 Å². The summed E-state index contributed by atoms with van der Waals surface area (Å²) in [7, 11) is 1.58. The van der Waals surface area contributed by atoms with Gasteiger partial charge < -0.3 is 15.4 Å². The largest absolute Gasteiger partial charge is 0.497 e. The van der Waals surface area contributed by atoms with Crippen LogP contribution >= 0.6 is 0 Å². The van der Waals surface area contributed by atoms with Gasteiger partial charge in [-0.2, -0.15) is 0 Å². The molecule has 25 heavy (non-hydrogen) atoms. The molecule has 0 heterocycles. The van der Waals surface area contributed by atoms with Crippen LogP contribution in [0.3, 0.4) is 0 Å². The highest BCUT2D eigenvalue weighted by molar-refractivity contribution is 6.39. The van der Waals surface area contributed by atoms with E-state index in [0.717, 1.165) is 16.7 Å². The van der Waals surface area contributed by atoms with Gasteiger partial charge in [0.1, 0.15) is 5.75 Å². The molecule has 0 unspecified atom stereocenters. The second kappa shape index (κ2) is 8.33. The lowest BCUT2D eigenvalue weighted by Gasteiger charge is -2.16. The van der Waals surface area contributed by atoms with Crippen molar-refractivity contribution in [1.82, 2.24) is 5.32 Å². The third kappa shape index (κ3) is 4.83. The molecule has 0 aliphatic heterocycles. The fourth-order valence-corrected chi connectivity index (χ4v) is 2.56.